The Labute approximate surface area is 185 Å². The Morgan fingerprint density at radius 1 is 1.19 bits per heavy atom. The number of amides is 1. The lowest BCUT2D eigenvalue weighted by atomic mass is 10.00. The molecular weight excluding hydrogens is 388 g/mol. The first-order valence-electron chi connectivity index (χ1n) is 11.3. The number of benzene rings is 2. The van der Waals surface area contributed by atoms with Crippen LogP contribution in [0.2, 0.25) is 0 Å². The van der Waals surface area contributed by atoms with Gasteiger partial charge in [0.2, 0.25) is 0 Å². The number of aliphatic hydroxyl groups excluding tert-OH is 1. The molecule has 31 heavy (non-hydrogen) atoms. The average molecular weight is 423 g/mol. The summed E-state index contributed by atoms with van der Waals surface area (Å²) in [4.78, 5) is 19.5. The molecule has 4 rings (SSSR count). The van der Waals surface area contributed by atoms with Crippen LogP contribution in [0.4, 0.5) is 5.69 Å². The SMILES string of the molecule is CN1CCC(N(C)c2cccc(C(=O)NCC(O)CN3CCc4ccccc4C3)c2)C1. The summed E-state index contributed by atoms with van der Waals surface area (Å²) in [7, 11) is 4.24. The molecule has 2 aliphatic rings. The Bertz CT molecular complexity index is 903. The van der Waals surface area contributed by atoms with Crippen molar-refractivity contribution in [1.29, 1.82) is 0 Å². The summed E-state index contributed by atoms with van der Waals surface area (Å²) < 4.78 is 0. The highest BCUT2D eigenvalue weighted by atomic mass is 16.3. The monoisotopic (exact) mass is 422 g/mol. The maximum Gasteiger partial charge on any atom is 0.251 e. The molecule has 0 spiro atoms. The van der Waals surface area contributed by atoms with E-state index in [1.54, 1.807) is 0 Å². The first-order valence-corrected chi connectivity index (χ1v) is 11.3. The van der Waals surface area contributed by atoms with Gasteiger partial charge in [0.15, 0.2) is 0 Å². The van der Waals surface area contributed by atoms with Crippen molar-refractivity contribution in [3.63, 3.8) is 0 Å². The third-order valence-electron chi connectivity index (χ3n) is 6.61. The summed E-state index contributed by atoms with van der Waals surface area (Å²) in [6.07, 6.45) is 1.55. The molecular formula is C25H34N4O2. The largest absolute Gasteiger partial charge is 0.390 e. The quantitative estimate of drug-likeness (QED) is 0.715. The van der Waals surface area contributed by atoms with E-state index in [0.717, 1.165) is 44.7 Å². The lowest BCUT2D eigenvalue weighted by Gasteiger charge is -2.30. The first-order chi connectivity index (χ1) is 15.0. The van der Waals surface area contributed by atoms with Crippen LogP contribution in [0.15, 0.2) is 48.5 Å². The second-order valence-electron chi connectivity index (χ2n) is 8.98. The highest BCUT2D eigenvalue weighted by Crippen LogP contribution is 2.22. The van der Waals surface area contributed by atoms with Crippen molar-refractivity contribution in [2.75, 3.05) is 51.7 Å². The zero-order chi connectivity index (χ0) is 21.8. The average Bonchev–Trinajstić information content (AvgIpc) is 3.23. The maximum atomic E-state index is 12.7. The van der Waals surface area contributed by atoms with Gasteiger partial charge in [0.05, 0.1) is 6.10 Å². The van der Waals surface area contributed by atoms with E-state index in [0.29, 0.717) is 18.2 Å². The molecule has 0 bridgehead atoms. The van der Waals surface area contributed by atoms with Gasteiger partial charge < -0.3 is 20.2 Å². The van der Waals surface area contributed by atoms with Crippen LogP contribution < -0.4 is 10.2 Å². The molecule has 2 aromatic rings. The minimum absolute atomic E-state index is 0.137. The molecule has 2 aromatic carbocycles. The smallest absolute Gasteiger partial charge is 0.251 e. The van der Waals surface area contributed by atoms with Crippen LogP contribution in [0, 0.1) is 0 Å². The molecule has 0 aromatic heterocycles. The molecule has 0 radical (unpaired) electrons. The normalized spacial score (nSPS) is 20.3. The number of rotatable bonds is 7. The van der Waals surface area contributed by atoms with Crippen LogP contribution in [0.1, 0.15) is 27.9 Å². The molecule has 0 aliphatic carbocycles. The van der Waals surface area contributed by atoms with Crippen LogP contribution in [-0.4, -0.2) is 79.8 Å². The standard InChI is InChI=1S/C25H34N4O2/c1-27-12-11-23(17-27)28(2)22-9-5-8-20(14-22)25(31)26-15-24(30)18-29-13-10-19-6-3-4-7-21(19)16-29/h3-9,14,23-24,30H,10-13,15-18H2,1-2H3,(H,26,31). The van der Waals surface area contributed by atoms with Crippen molar-refractivity contribution in [2.24, 2.45) is 0 Å². The van der Waals surface area contributed by atoms with Crippen molar-refractivity contribution >= 4 is 11.6 Å². The van der Waals surface area contributed by atoms with Crippen molar-refractivity contribution in [3.05, 3.63) is 65.2 Å². The van der Waals surface area contributed by atoms with E-state index in [1.807, 2.05) is 18.2 Å². The van der Waals surface area contributed by atoms with Crippen LogP contribution in [-0.2, 0) is 13.0 Å². The molecule has 2 aliphatic heterocycles. The van der Waals surface area contributed by atoms with E-state index in [9.17, 15) is 9.90 Å². The van der Waals surface area contributed by atoms with E-state index in [2.05, 4.69) is 64.4 Å². The molecule has 6 nitrogen and oxygen atoms in total. The number of nitrogens with one attached hydrogen (secondary N) is 1. The third-order valence-corrected chi connectivity index (χ3v) is 6.61. The molecule has 1 fully saturated rings. The number of likely N-dealkylation sites (tertiary alicyclic amines) is 1. The van der Waals surface area contributed by atoms with Crippen LogP contribution in [0.3, 0.4) is 0 Å². The lowest BCUT2D eigenvalue weighted by molar-refractivity contribution is 0.0842. The molecule has 6 heteroatoms. The fraction of sp³-hybridized carbons (Fsp3) is 0.480. The van der Waals surface area contributed by atoms with Gasteiger partial charge in [0, 0.05) is 57.1 Å². The zero-order valence-electron chi connectivity index (χ0n) is 18.6. The van der Waals surface area contributed by atoms with Gasteiger partial charge in [0.1, 0.15) is 0 Å². The van der Waals surface area contributed by atoms with Crippen LogP contribution in [0.25, 0.3) is 0 Å². The summed E-state index contributed by atoms with van der Waals surface area (Å²) in [5.74, 6) is -0.137. The summed E-state index contributed by atoms with van der Waals surface area (Å²) >= 11 is 0. The molecule has 0 saturated carbocycles. The highest BCUT2D eigenvalue weighted by molar-refractivity contribution is 5.95. The van der Waals surface area contributed by atoms with Gasteiger partial charge in [0.25, 0.3) is 5.91 Å². The second kappa shape index (κ2) is 9.81. The topological polar surface area (TPSA) is 59.1 Å². The van der Waals surface area contributed by atoms with Gasteiger partial charge in [-0.25, -0.2) is 0 Å². The van der Waals surface area contributed by atoms with E-state index in [1.165, 1.54) is 11.1 Å². The predicted octanol–water partition coefficient (Wildman–Crippen LogP) is 1.98. The van der Waals surface area contributed by atoms with E-state index < -0.39 is 6.10 Å². The van der Waals surface area contributed by atoms with Crippen molar-refractivity contribution in [2.45, 2.75) is 31.5 Å². The number of anilines is 1. The summed E-state index contributed by atoms with van der Waals surface area (Å²) in [5.41, 5.74) is 4.42. The number of aliphatic hydroxyl groups is 1. The predicted molar refractivity (Wildman–Crippen MR) is 125 cm³/mol. The van der Waals surface area contributed by atoms with Gasteiger partial charge in [-0.1, -0.05) is 30.3 Å². The van der Waals surface area contributed by atoms with Gasteiger partial charge in [-0.05, 0) is 55.8 Å². The fourth-order valence-electron chi connectivity index (χ4n) is 4.69. The molecule has 1 amide bonds. The Morgan fingerprint density at radius 2 is 2.00 bits per heavy atom. The number of β-amino-alcohol motifs (C(OH)–C–C–N with tert-alkyl or cyclic N) is 1. The van der Waals surface area contributed by atoms with Gasteiger partial charge in [-0.3, -0.25) is 9.69 Å². The zero-order valence-corrected chi connectivity index (χ0v) is 18.6. The summed E-state index contributed by atoms with van der Waals surface area (Å²) in [5, 5.41) is 13.4. The van der Waals surface area contributed by atoms with E-state index in [4.69, 9.17) is 0 Å². The minimum atomic E-state index is -0.589. The number of carbonyl (C=O) groups excluding carboxylic acids is 1. The molecule has 166 valence electrons. The van der Waals surface area contributed by atoms with Gasteiger partial charge in [-0.2, -0.15) is 0 Å². The highest BCUT2D eigenvalue weighted by Gasteiger charge is 2.24. The Balaban J connectivity index is 1.28. The molecule has 2 unspecified atom stereocenters. The van der Waals surface area contributed by atoms with Gasteiger partial charge >= 0.3 is 0 Å². The summed E-state index contributed by atoms with van der Waals surface area (Å²) in [6, 6.07) is 16.7. The molecule has 1 saturated heterocycles. The van der Waals surface area contributed by atoms with E-state index in [-0.39, 0.29) is 12.5 Å². The van der Waals surface area contributed by atoms with Crippen LogP contribution >= 0.6 is 0 Å². The Kier molecular flexibility index (Phi) is 6.90. The summed E-state index contributed by atoms with van der Waals surface area (Å²) in [6.45, 7) is 4.76. The van der Waals surface area contributed by atoms with Gasteiger partial charge in [-0.15, -0.1) is 0 Å². The Morgan fingerprint density at radius 3 is 2.77 bits per heavy atom. The van der Waals surface area contributed by atoms with E-state index >= 15 is 0 Å². The number of nitrogens with zero attached hydrogens (tertiary/aromatic N) is 3. The number of hydrogen-bond donors (Lipinski definition) is 2. The molecule has 2 N–H and O–H groups in total. The Hall–Kier alpha value is -2.41. The fourth-order valence-corrected chi connectivity index (χ4v) is 4.69. The minimum Gasteiger partial charge on any atom is -0.390 e. The number of likely N-dealkylation sites (N-methyl/N-ethyl adjacent to an activating group) is 2. The molecule has 2 heterocycles. The van der Waals surface area contributed by atoms with Crippen molar-refractivity contribution in [1.82, 2.24) is 15.1 Å². The lowest BCUT2D eigenvalue weighted by Crippen LogP contribution is -2.42. The number of fused-ring (bicyclic) bond motifs is 1. The van der Waals surface area contributed by atoms with Crippen LogP contribution in [0.5, 0.6) is 0 Å². The number of carbonyl (C=O) groups is 1. The number of hydrogen-bond acceptors (Lipinski definition) is 5. The maximum absolute atomic E-state index is 12.7. The van der Waals surface area contributed by atoms with Crippen molar-refractivity contribution < 1.29 is 9.90 Å². The third kappa shape index (κ3) is 5.45. The first kappa shape index (κ1) is 21.8. The second-order valence-corrected chi connectivity index (χ2v) is 8.98. The molecule has 2 atom stereocenters. The van der Waals surface area contributed by atoms with Crippen molar-refractivity contribution in [3.8, 4) is 0 Å².